The number of halogens is 9. The lowest BCUT2D eigenvalue weighted by atomic mass is 9.79. The number of benzene rings is 2. The smallest absolute Gasteiger partial charge is 0.416 e. The van der Waals surface area contributed by atoms with E-state index < -0.39 is 76.9 Å². The second-order valence-electron chi connectivity index (χ2n) is 10.1. The lowest BCUT2D eigenvalue weighted by Gasteiger charge is -2.45. The van der Waals surface area contributed by atoms with Crippen molar-refractivity contribution in [2.45, 2.75) is 83.3 Å². The number of carbonyl (C=O) groups excluding carboxylic acids is 2. The molecule has 0 spiro atoms. The van der Waals surface area contributed by atoms with Gasteiger partial charge in [0.15, 0.2) is 0 Å². The molecule has 3 rings (SSSR count). The van der Waals surface area contributed by atoms with Gasteiger partial charge >= 0.3 is 24.5 Å². The van der Waals surface area contributed by atoms with E-state index in [1.807, 2.05) is 0 Å². The molecule has 0 aliphatic carbocycles. The van der Waals surface area contributed by atoms with E-state index in [4.69, 9.17) is 4.74 Å². The zero-order chi connectivity index (χ0) is 31.1. The number of hydrogen-bond donors (Lipinski definition) is 1. The van der Waals surface area contributed by atoms with Crippen LogP contribution < -0.4 is 5.32 Å². The van der Waals surface area contributed by atoms with Crippen LogP contribution in [-0.2, 0) is 39.4 Å². The maximum Gasteiger partial charge on any atom is 0.416 e. The third-order valence-electron chi connectivity index (χ3n) is 6.77. The Kier molecular flexibility index (Phi) is 8.67. The highest BCUT2D eigenvalue weighted by atomic mass is 19.4. The quantitative estimate of drug-likeness (QED) is 0.273. The van der Waals surface area contributed by atoms with E-state index in [1.54, 1.807) is 20.8 Å². The van der Waals surface area contributed by atoms with Crippen LogP contribution in [0, 0.1) is 0 Å². The van der Waals surface area contributed by atoms with Gasteiger partial charge in [0.2, 0.25) is 5.91 Å². The summed E-state index contributed by atoms with van der Waals surface area (Å²) >= 11 is 0. The molecular weight excluding hydrogens is 571 g/mol. The van der Waals surface area contributed by atoms with Crippen molar-refractivity contribution >= 4 is 17.6 Å². The van der Waals surface area contributed by atoms with Gasteiger partial charge in [0, 0.05) is 25.6 Å². The fourth-order valence-corrected chi connectivity index (χ4v) is 4.74. The van der Waals surface area contributed by atoms with Crippen molar-refractivity contribution in [2.75, 3.05) is 5.32 Å². The molecule has 1 N–H and O–H groups in total. The Morgan fingerprint density at radius 3 is 1.90 bits per heavy atom. The molecule has 1 amide bonds. The minimum Gasteiger partial charge on any atom is -0.461 e. The maximum atomic E-state index is 13.6. The Bertz CT molecular complexity index is 1270. The molecular formula is C27H27F9N2O3. The predicted octanol–water partition coefficient (Wildman–Crippen LogP) is 7.75. The fourth-order valence-electron chi connectivity index (χ4n) is 4.74. The Labute approximate surface area is 229 Å². The number of hydrogen-bond acceptors (Lipinski definition) is 4. The van der Waals surface area contributed by atoms with Crippen molar-refractivity contribution in [3.05, 3.63) is 64.2 Å². The molecule has 0 fully saturated rings. The van der Waals surface area contributed by atoms with Crippen LogP contribution >= 0.6 is 0 Å². The molecule has 1 heterocycles. The van der Waals surface area contributed by atoms with E-state index in [0.29, 0.717) is 12.1 Å². The highest BCUT2D eigenvalue weighted by Gasteiger charge is 2.48. The Balaban J connectivity index is 2.21. The molecule has 2 unspecified atom stereocenters. The summed E-state index contributed by atoms with van der Waals surface area (Å²) in [5.41, 5.74) is -6.53. The van der Waals surface area contributed by atoms with Gasteiger partial charge in [-0.25, -0.2) is 4.79 Å². The second-order valence-corrected chi connectivity index (χ2v) is 10.1. The molecule has 1 aliphatic heterocycles. The minimum atomic E-state index is -5.15. The number of carbonyl (C=O) groups is 2. The van der Waals surface area contributed by atoms with E-state index in [1.165, 1.54) is 0 Å². The van der Waals surface area contributed by atoms with Crippen LogP contribution in [0.1, 0.15) is 74.4 Å². The summed E-state index contributed by atoms with van der Waals surface area (Å²) in [4.78, 5) is 26.9. The number of ether oxygens (including phenoxy) is 1. The molecule has 41 heavy (non-hydrogen) atoms. The number of esters is 1. The average Bonchev–Trinajstić information content (AvgIpc) is 2.84. The van der Waals surface area contributed by atoms with Gasteiger partial charge in [-0.05, 0) is 67.8 Å². The molecule has 2 aromatic carbocycles. The number of amides is 1. The third-order valence-corrected chi connectivity index (χ3v) is 6.77. The number of alkyl halides is 9. The van der Waals surface area contributed by atoms with Crippen LogP contribution in [0.5, 0.6) is 0 Å². The van der Waals surface area contributed by atoms with Crippen molar-refractivity contribution in [1.82, 2.24) is 4.90 Å². The first-order valence-electron chi connectivity index (χ1n) is 12.4. The van der Waals surface area contributed by atoms with Crippen molar-refractivity contribution in [2.24, 2.45) is 0 Å². The topological polar surface area (TPSA) is 58.6 Å². The molecule has 2 aromatic rings. The first-order valence-corrected chi connectivity index (χ1v) is 12.4. The lowest BCUT2D eigenvalue weighted by Crippen LogP contribution is -2.53. The molecule has 0 saturated carbocycles. The largest absolute Gasteiger partial charge is 0.461 e. The van der Waals surface area contributed by atoms with Crippen LogP contribution in [0.4, 0.5) is 45.2 Å². The summed E-state index contributed by atoms with van der Waals surface area (Å²) in [5.74, 6) is -1.64. The average molecular weight is 599 g/mol. The molecule has 0 aromatic heterocycles. The lowest BCUT2D eigenvalue weighted by molar-refractivity contribution is -0.155. The van der Waals surface area contributed by atoms with Gasteiger partial charge in [-0.15, -0.1) is 0 Å². The van der Waals surface area contributed by atoms with E-state index in [-0.39, 0.29) is 30.2 Å². The summed E-state index contributed by atoms with van der Waals surface area (Å²) in [5, 5.41) is 2.91. The van der Waals surface area contributed by atoms with E-state index in [2.05, 4.69) is 5.32 Å². The summed E-state index contributed by atoms with van der Waals surface area (Å²) in [6.45, 7) is 4.88. The Morgan fingerprint density at radius 2 is 1.46 bits per heavy atom. The van der Waals surface area contributed by atoms with Crippen LogP contribution in [-0.4, -0.2) is 28.4 Å². The minimum absolute atomic E-state index is 0.0306. The summed E-state index contributed by atoms with van der Waals surface area (Å²) < 4.78 is 127. The standard InChI is InChI=1S/C27H27F9N2O3/c1-5-24(23(40)41-14(2)3)12-22(20-11-17(25(28,29)30)6-7-21(20)37-24)38(15(4)39)13-16-8-18(26(31,32)33)10-19(9-16)27(34,35)36/h6-11,14,22,37H,5,12-13H2,1-4H3. The fraction of sp³-hybridized carbons (Fsp3) is 0.481. The van der Waals surface area contributed by atoms with Crippen LogP contribution in [0.3, 0.4) is 0 Å². The van der Waals surface area contributed by atoms with Gasteiger partial charge in [0.25, 0.3) is 0 Å². The van der Waals surface area contributed by atoms with Crippen LogP contribution in [0.25, 0.3) is 0 Å². The van der Waals surface area contributed by atoms with Crippen molar-refractivity contribution in [3.63, 3.8) is 0 Å². The first kappa shape index (κ1) is 32.1. The molecule has 14 heteroatoms. The molecule has 0 radical (unpaired) electrons. The predicted molar refractivity (Wildman–Crippen MR) is 129 cm³/mol. The van der Waals surface area contributed by atoms with E-state index >= 15 is 0 Å². The molecule has 0 saturated heterocycles. The molecule has 1 aliphatic rings. The highest BCUT2D eigenvalue weighted by molar-refractivity contribution is 5.87. The number of nitrogens with one attached hydrogen (secondary N) is 1. The number of anilines is 1. The van der Waals surface area contributed by atoms with Gasteiger partial charge in [-0.1, -0.05) is 6.92 Å². The van der Waals surface area contributed by atoms with Gasteiger partial charge in [0.1, 0.15) is 5.54 Å². The summed E-state index contributed by atoms with van der Waals surface area (Å²) in [6, 6.07) is 2.02. The molecule has 5 nitrogen and oxygen atoms in total. The molecule has 226 valence electrons. The first-order chi connectivity index (χ1) is 18.7. The summed E-state index contributed by atoms with van der Waals surface area (Å²) in [7, 11) is 0. The number of rotatable bonds is 6. The Hall–Kier alpha value is -3.45. The van der Waals surface area contributed by atoms with Crippen molar-refractivity contribution < 1.29 is 53.8 Å². The van der Waals surface area contributed by atoms with Crippen molar-refractivity contribution in [1.29, 1.82) is 0 Å². The zero-order valence-electron chi connectivity index (χ0n) is 22.3. The normalized spacial score (nSPS) is 19.4. The second kappa shape index (κ2) is 11.1. The van der Waals surface area contributed by atoms with Gasteiger partial charge in [-0.3, -0.25) is 4.79 Å². The zero-order valence-corrected chi connectivity index (χ0v) is 22.3. The third kappa shape index (κ3) is 7.07. The van der Waals surface area contributed by atoms with E-state index in [9.17, 15) is 49.1 Å². The SMILES string of the molecule is CCC1(C(=O)OC(C)C)CC(N(Cc2cc(C(F)(F)F)cc(C(F)(F)F)c2)C(C)=O)c2cc(C(F)(F)F)ccc2N1. The van der Waals surface area contributed by atoms with Crippen LogP contribution in [0.2, 0.25) is 0 Å². The highest BCUT2D eigenvalue weighted by Crippen LogP contribution is 2.46. The maximum absolute atomic E-state index is 13.6. The van der Waals surface area contributed by atoms with Gasteiger partial charge < -0.3 is 15.0 Å². The Morgan fingerprint density at radius 1 is 0.927 bits per heavy atom. The van der Waals surface area contributed by atoms with Gasteiger partial charge in [-0.2, -0.15) is 39.5 Å². The van der Waals surface area contributed by atoms with Crippen LogP contribution in [0.15, 0.2) is 36.4 Å². The summed E-state index contributed by atoms with van der Waals surface area (Å²) in [6.07, 6.45) is -16.0. The van der Waals surface area contributed by atoms with Crippen molar-refractivity contribution in [3.8, 4) is 0 Å². The number of nitrogens with zero attached hydrogens (tertiary/aromatic N) is 1. The monoisotopic (exact) mass is 598 g/mol. The molecule has 0 bridgehead atoms. The van der Waals surface area contributed by atoms with Gasteiger partial charge in [0.05, 0.1) is 28.8 Å². The van der Waals surface area contributed by atoms with E-state index in [0.717, 1.165) is 30.0 Å². The molecule has 2 atom stereocenters. The number of fused-ring (bicyclic) bond motifs is 1.